The van der Waals surface area contributed by atoms with Crippen LogP contribution in [0.1, 0.15) is 29.7 Å². The average molecular weight is 290 g/mol. The van der Waals surface area contributed by atoms with E-state index in [9.17, 15) is 5.11 Å². The van der Waals surface area contributed by atoms with Gasteiger partial charge in [0.05, 0.1) is 16.8 Å². The predicted octanol–water partition coefficient (Wildman–Crippen LogP) is 4.34. The molecule has 0 saturated carbocycles. The summed E-state index contributed by atoms with van der Waals surface area (Å²) < 4.78 is 0. The summed E-state index contributed by atoms with van der Waals surface area (Å²) in [6.07, 6.45) is -0.496. The molecular formula is C17H20ClNO. The van der Waals surface area contributed by atoms with Crippen molar-refractivity contribution >= 4 is 17.3 Å². The van der Waals surface area contributed by atoms with Crippen molar-refractivity contribution in [2.24, 2.45) is 0 Å². The topological polar surface area (TPSA) is 23.5 Å². The van der Waals surface area contributed by atoms with E-state index in [-0.39, 0.29) is 0 Å². The lowest BCUT2D eigenvalue weighted by molar-refractivity contribution is 0.199. The predicted molar refractivity (Wildman–Crippen MR) is 85.4 cm³/mol. The molecule has 0 spiro atoms. The van der Waals surface area contributed by atoms with Crippen molar-refractivity contribution < 1.29 is 5.11 Å². The summed E-state index contributed by atoms with van der Waals surface area (Å²) in [5, 5.41) is 10.2. The molecule has 2 nitrogen and oxygen atoms in total. The molecule has 0 saturated heterocycles. The standard InChI is InChI=1S/C17H20ClNO/c1-12-4-6-14(7-5-12)11-19(3)17-9-8-15(13(2)20)10-16(17)18/h4-10,13,20H,11H2,1-3H3/t13-/m1/s1. The molecule has 2 aromatic carbocycles. The maximum Gasteiger partial charge on any atom is 0.0762 e. The maximum absolute atomic E-state index is 9.57. The minimum Gasteiger partial charge on any atom is -0.389 e. The molecule has 3 heteroatoms. The number of aliphatic hydroxyl groups excluding tert-OH is 1. The fourth-order valence-corrected chi connectivity index (χ4v) is 2.48. The molecule has 2 aromatic rings. The highest BCUT2D eigenvalue weighted by Gasteiger charge is 2.09. The Morgan fingerprint density at radius 2 is 1.80 bits per heavy atom. The van der Waals surface area contributed by atoms with Gasteiger partial charge < -0.3 is 10.0 Å². The number of anilines is 1. The Bertz CT molecular complexity index is 578. The first-order chi connectivity index (χ1) is 9.47. The second kappa shape index (κ2) is 6.29. The molecule has 1 atom stereocenters. The number of hydrogen-bond acceptors (Lipinski definition) is 2. The summed E-state index contributed by atoms with van der Waals surface area (Å²) in [5.41, 5.74) is 4.31. The van der Waals surface area contributed by atoms with Gasteiger partial charge in [0.25, 0.3) is 0 Å². The van der Waals surface area contributed by atoms with E-state index in [2.05, 4.69) is 36.1 Å². The highest BCUT2D eigenvalue weighted by molar-refractivity contribution is 6.33. The van der Waals surface area contributed by atoms with Crippen LogP contribution in [-0.2, 0) is 6.54 Å². The van der Waals surface area contributed by atoms with E-state index in [1.165, 1.54) is 11.1 Å². The zero-order valence-corrected chi connectivity index (χ0v) is 12.9. The first-order valence-electron chi connectivity index (χ1n) is 6.71. The van der Waals surface area contributed by atoms with Gasteiger partial charge in [0, 0.05) is 13.6 Å². The van der Waals surface area contributed by atoms with Gasteiger partial charge in [0.1, 0.15) is 0 Å². The van der Waals surface area contributed by atoms with Gasteiger partial charge in [-0.1, -0.05) is 47.5 Å². The number of aliphatic hydroxyl groups is 1. The van der Waals surface area contributed by atoms with Crippen LogP contribution in [0.5, 0.6) is 0 Å². The van der Waals surface area contributed by atoms with Crippen LogP contribution in [0, 0.1) is 6.92 Å². The van der Waals surface area contributed by atoms with E-state index in [0.717, 1.165) is 17.8 Å². The Hall–Kier alpha value is -1.51. The first kappa shape index (κ1) is 14.9. The second-order valence-electron chi connectivity index (χ2n) is 5.23. The monoisotopic (exact) mass is 289 g/mol. The summed E-state index contributed by atoms with van der Waals surface area (Å²) in [7, 11) is 2.02. The van der Waals surface area contributed by atoms with Crippen LogP contribution < -0.4 is 4.90 Å². The summed E-state index contributed by atoms with van der Waals surface area (Å²) in [6.45, 7) is 4.62. The molecule has 2 rings (SSSR count). The summed E-state index contributed by atoms with van der Waals surface area (Å²) >= 11 is 6.31. The molecule has 0 amide bonds. The van der Waals surface area contributed by atoms with E-state index >= 15 is 0 Å². The van der Waals surface area contributed by atoms with Crippen LogP contribution >= 0.6 is 11.6 Å². The quantitative estimate of drug-likeness (QED) is 0.905. The lowest BCUT2D eigenvalue weighted by atomic mass is 10.1. The van der Waals surface area contributed by atoms with Crippen LogP contribution in [0.25, 0.3) is 0 Å². The normalized spacial score (nSPS) is 12.2. The number of halogens is 1. The fourth-order valence-electron chi connectivity index (χ4n) is 2.15. The van der Waals surface area contributed by atoms with Crippen molar-refractivity contribution in [3.63, 3.8) is 0 Å². The van der Waals surface area contributed by atoms with E-state index < -0.39 is 6.10 Å². The molecule has 0 aliphatic heterocycles. The van der Waals surface area contributed by atoms with Crippen LogP contribution in [0.2, 0.25) is 5.02 Å². The van der Waals surface area contributed by atoms with Crippen molar-refractivity contribution in [1.29, 1.82) is 0 Å². The van der Waals surface area contributed by atoms with Crippen molar-refractivity contribution in [3.8, 4) is 0 Å². The number of hydrogen-bond donors (Lipinski definition) is 1. The molecule has 0 aromatic heterocycles. The number of aryl methyl sites for hydroxylation is 1. The molecule has 20 heavy (non-hydrogen) atoms. The van der Waals surface area contributed by atoms with Crippen molar-refractivity contribution in [2.45, 2.75) is 26.5 Å². The van der Waals surface area contributed by atoms with Crippen molar-refractivity contribution in [3.05, 3.63) is 64.2 Å². The number of rotatable bonds is 4. The SMILES string of the molecule is Cc1ccc(CN(C)c2ccc([C@@H](C)O)cc2Cl)cc1. The van der Waals surface area contributed by atoms with Gasteiger partial charge in [-0.15, -0.1) is 0 Å². The second-order valence-corrected chi connectivity index (χ2v) is 5.64. The zero-order valence-electron chi connectivity index (χ0n) is 12.1. The van der Waals surface area contributed by atoms with Crippen molar-refractivity contribution in [1.82, 2.24) is 0 Å². The Morgan fingerprint density at radius 1 is 1.15 bits per heavy atom. The molecule has 106 valence electrons. The lowest BCUT2D eigenvalue weighted by Crippen LogP contribution is -2.16. The third-order valence-electron chi connectivity index (χ3n) is 3.41. The van der Waals surface area contributed by atoms with Gasteiger partial charge in [0.2, 0.25) is 0 Å². The van der Waals surface area contributed by atoms with Gasteiger partial charge in [-0.25, -0.2) is 0 Å². The van der Waals surface area contributed by atoms with Gasteiger partial charge in [-0.05, 0) is 37.1 Å². The third kappa shape index (κ3) is 3.53. The van der Waals surface area contributed by atoms with E-state index in [4.69, 9.17) is 11.6 Å². The minimum atomic E-state index is -0.496. The molecule has 0 radical (unpaired) electrons. The van der Waals surface area contributed by atoms with Crippen LogP contribution in [0.3, 0.4) is 0 Å². The van der Waals surface area contributed by atoms with Crippen molar-refractivity contribution in [2.75, 3.05) is 11.9 Å². The first-order valence-corrected chi connectivity index (χ1v) is 7.09. The Labute approximate surface area is 125 Å². The van der Waals surface area contributed by atoms with E-state index in [1.54, 1.807) is 6.92 Å². The highest BCUT2D eigenvalue weighted by Crippen LogP contribution is 2.29. The van der Waals surface area contributed by atoms with Gasteiger partial charge in [0.15, 0.2) is 0 Å². The van der Waals surface area contributed by atoms with E-state index in [1.807, 2.05) is 25.2 Å². The molecule has 1 N–H and O–H groups in total. The smallest absolute Gasteiger partial charge is 0.0762 e. The minimum absolute atomic E-state index is 0.496. The summed E-state index contributed by atoms with van der Waals surface area (Å²) in [4.78, 5) is 2.11. The number of nitrogens with zero attached hydrogens (tertiary/aromatic N) is 1. The Kier molecular flexibility index (Phi) is 4.69. The molecule has 0 aliphatic carbocycles. The van der Waals surface area contributed by atoms with E-state index in [0.29, 0.717) is 5.02 Å². The largest absolute Gasteiger partial charge is 0.389 e. The van der Waals surface area contributed by atoms with Gasteiger partial charge in [-0.3, -0.25) is 0 Å². The number of benzene rings is 2. The molecular weight excluding hydrogens is 270 g/mol. The fraction of sp³-hybridized carbons (Fsp3) is 0.294. The molecule has 0 fully saturated rings. The summed E-state index contributed by atoms with van der Waals surface area (Å²) in [5.74, 6) is 0. The highest BCUT2D eigenvalue weighted by atomic mass is 35.5. The molecule has 0 bridgehead atoms. The Morgan fingerprint density at radius 3 is 2.35 bits per heavy atom. The van der Waals surface area contributed by atoms with Crippen LogP contribution in [-0.4, -0.2) is 12.2 Å². The van der Waals surface area contributed by atoms with Gasteiger partial charge in [-0.2, -0.15) is 0 Å². The van der Waals surface area contributed by atoms with Crippen LogP contribution in [0.15, 0.2) is 42.5 Å². The molecule has 0 heterocycles. The average Bonchev–Trinajstić information content (AvgIpc) is 2.41. The zero-order chi connectivity index (χ0) is 14.7. The third-order valence-corrected chi connectivity index (χ3v) is 3.71. The maximum atomic E-state index is 9.57. The summed E-state index contributed by atoms with van der Waals surface area (Å²) in [6, 6.07) is 14.2. The molecule has 0 aliphatic rings. The van der Waals surface area contributed by atoms with Crippen LogP contribution in [0.4, 0.5) is 5.69 Å². The lowest BCUT2D eigenvalue weighted by Gasteiger charge is -2.21. The van der Waals surface area contributed by atoms with Gasteiger partial charge >= 0.3 is 0 Å². The Balaban J connectivity index is 2.16. The molecule has 0 unspecified atom stereocenters.